The third kappa shape index (κ3) is 4.25. The van der Waals surface area contributed by atoms with Gasteiger partial charge >= 0.3 is 6.18 Å². The third-order valence-corrected chi connectivity index (χ3v) is 5.95. The summed E-state index contributed by atoms with van der Waals surface area (Å²) >= 11 is 0. The molecule has 1 atom stereocenters. The number of hydrogen-bond donors (Lipinski definition) is 1. The van der Waals surface area contributed by atoms with Gasteiger partial charge in [0.2, 0.25) is 10.0 Å². The summed E-state index contributed by atoms with van der Waals surface area (Å²) in [6.07, 6.45) is -4.92. The van der Waals surface area contributed by atoms with Gasteiger partial charge in [-0.25, -0.2) is 8.42 Å². The number of alkyl halides is 3. The number of nitrogens with zero attached hydrogens (tertiary/aromatic N) is 2. The fourth-order valence-electron chi connectivity index (χ4n) is 3.07. The molecule has 1 heterocycles. The van der Waals surface area contributed by atoms with E-state index in [0.29, 0.717) is 16.6 Å². The third-order valence-electron chi connectivity index (χ3n) is 4.43. The molecule has 154 valence electrons. The van der Waals surface area contributed by atoms with Gasteiger partial charge in [-0.15, -0.1) is 0 Å². The Morgan fingerprint density at radius 3 is 2.41 bits per heavy atom. The first-order chi connectivity index (χ1) is 13.5. The predicted octanol–water partition coefficient (Wildman–Crippen LogP) is 3.77. The molecule has 29 heavy (non-hydrogen) atoms. The molecule has 1 unspecified atom stereocenters. The van der Waals surface area contributed by atoms with E-state index in [4.69, 9.17) is 0 Å². The minimum atomic E-state index is -4.92. The first kappa shape index (κ1) is 20.8. The molecule has 0 fully saturated rings. The Bertz CT molecular complexity index is 1170. The van der Waals surface area contributed by atoms with Crippen molar-refractivity contribution in [2.45, 2.75) is 30.6 Å². The van der Waals surface area contributed by atoms with Crippen LogP contribution < -0.4 is 4.72 Å². The lowest BCUT2D eigenvalue weighted by molar-refractivity contribution is -0.387. The van der Waals surface area contributed by atoms with Crippen molar-refractivity contribution in [3.05, 3.63) is 70.4 Å². The van der Waals surface area contributed by atoms with Crippen molar-refractivity contribution in [3.63, 3.8) is 0 Å². The van der Waals surface area contributed by atoms with Gasteiger partial charge in [0.25, 0.3) is 5.69 Å². The second-order valence-corrected chi connectivity index (χ2v) is 8.08. The van der Waals surface area contributed by atoms with E-state index >= 15 is 0 Å². The number of hydrogen-bond acceptors (Lipinski definition) is 4. The van der Waals surface area contributed by atoms with Crippen LogP contribution >= 0.6 is 0 Å². The van der Waals surface area contributed by atoms with Crippen LogP contribution in [0.4, 0.5) is 18.9 Å². The summed E-state index contributed by atoms with van der Waals surface area (Å²) in [5, 5.41) is 11.8. The molecule has 0 aliphatic heterocycles. The molecule has 7 nitrogen and oxygen atoms in total. The fraction of sp³-hybridized carbons (Fsp3) is 0.222. The van der Waals surface area contributed by atoms with E-state index in [1.807, 2.05) is 0 Å². The maximum Gasteiger partial charge on any atom is 0.406 e. The molecule has 0 aliphatic rings. The highest BCUT2D eigenvalue weighted by Gasteiger charge is 2.43. The minimum absolute atomic E-state index is 0.518. The van der Waals surface area contributed by atoms with Crippen LogP contribution in [0.25, 0.3) is 10.9 Å². The van der Waals surface area contributed by atoms with Gasteiger partial charge in [-0.3, -0.25) is 10.1 Å². The molecule has 1 aromatic heterocycles. The van der Waals surface area contributed by atoms with E-state index in [2.05, 4.69) is 0 Å². The number of halogens is 3. The van der Waals surface area contributed by atoms with Gasteiger partial charge in [-0.2, -0.15) is 17.9 Å². The highest BCUT2D eigenvalue weighted by atomic mass is 32.2. The summed E-state index contributed by atoms with van der Waals surface area (Å²) in [4.78, 5) is 9.30. The van der Waals surface area contributed by atoms with Crippen molar-refractivity contribution in [1.29, 1.82) is 0 Å². The van der Waals surface area contributed by atoms with E-state index in [0.717, 1.165) is 12.1 Å². The van der Waals surface area contributed by atoms with Gasteiger partial charge in [-0.05, 0) is 30.5 Å². The highest BCUT2D eigenvalue weighted by Crippen LogP contribution is 2.29. The Morgan fingerprint density at radius 1 is 1.14 bits per heavy atom. The number of fused-ring (bicyclic) bond motifs is 1. The first-order valence-corrected chi connectivity index (χ1v) is 9.86. The maximum absolute atomic E-state index is 13.7. The van der Waals surface area contributed by atoms with E-state index < -0.39 is 44.3 Å². The molecular formula is C18H16F3N3O4S. The largest absolute Gasteiger partial charge is 0.406 e. The number of nitro groups is 1. The molecule has 0 bridgehead atoms. The van der Waals surface area contributed by atoms with E-state index in [-0.39, 0.29) is 0 Å². The number of aryl methyl sites for hydroxylation is 1. The molecule has 0 saturated carbocycles. The lowest BCUT2D eigenvalue weighted by atomic mass is 10.2. The molecule has 0 radical (unpaired) electrons. The summed E-state index contributed by atoms with van der Waals surface area (Å²) in [7, 11) is -4.81. The zero-order valence-corrected chi connectivity index (χ0v) is 15.9. The number of aromatic nitrogens is 1. The Morgan fingerprint density at radius 2 is 1.76 bits per heavy atom. The lowest BCUT2D eigenvalue weighted by Gasteiger charge is -2.23. The van der Waals surface area contributed by atoms with Crippen molar-refractivity contribution in [3.8, 4) is 0 Å². The second-order valence-electron chi connectivity index (χ2n) is 6.40. The monoisotopic (exact) mass is 427 g/mol. The zero-order chi connectivity index (χ0) is 21.4. The van der Waals surface area contributed by atoms with Crippen molar-refractivity contribution < 1.29 is 26.5 Å². The van der Waals surface area contributed by atoms with Crippen LogP contribution in [0.5, 0.6) is 0 Å². The Kier molecular flexibility index (Phi) is 5.37. The summed E-state index contributed by atoms with van der Waals surface area (Å²) in [5.41, 5.74) is 0.234. The lowest BCUT2D eigenvalue weighted by Crippen LogP contribution is -2.48. The fourth-order valence-corrected chi connectivity index (χ4v) is 4.45. The molecule has 0 aliphatic carbocycles. The SMILES string of the molecule is Cc1cc2ccccc2n1CC(NS(=O)(=O)c1ccccc1[N+](=O)[O-])C(F)(F)F. The van der Waals surface area contributed by atoms with E-state index in [9.17, 15) is 31.7 Å². The Labute approximate surface area is 164 Å². The van der Waals surface area contributed by atoms with Crippen molar-refractivity contribution >= 4 is 26.6 Å². The maximum atomic E-state index is 13.7. The van der Waals surface area contributed by atoms with Crippen molar-refractivity contribution in [2.75, 3.05) is 0 Å². The highest BCUT2D eigenvalue weighted by molar-refractivity contribution is 7.89. The summed E-state index contributed by atoms with van der Waals surface area (Å²) in [6.45, 7) is 0.896. The average Bonchev–Trinajstić information content (AvgIpc) is 2.95. The number of benzene rings is 2. The number of sulfonamides is 1. The number of para-hydroxylation sites is 2. The Balaban J connectivity index is 2.01. The minimum Gasteiger partial charge on any atom is -0.343 e. The molecule has 0 amide bonds. The standard InChI is InChI=1S/C18H16F3N3O4S/c1-12-10-13-6-2-3-7-14(13)23(12)11-17(18(19,20)21)22-29(27,28)16-9-5-4-8-15(16)24(25)26/h2-10,17,22H,11H2,1H3. The quantitative estimate of drug-likeness (QED) is 0.479. The van der Waals surface area contributed by atoms with Gasteiger partial charge in [0, 0.05) is 23.8 Å². The molecule has 3 aromatic rings. The topological polar surface area (TPSA) is 94.2 Å². The molecule has 1 N–H and O–H groups in total. The normalized spacial score (nSPS) is 13.5. The van der Waals surface area contributed by atoms with Crippen LogP contribution in [0.3, 0.4) is 0 Å². The van der Waals surface area contributed by atoms with Gasteiger partial charge in [0.1, 0.15) is 6.04 Å². The van der Waals surface area contributed by atoms with Crippen molar-refractivity contribution in [1.82, 2.24) is 9.29 Å². The van der Waals surface area contributed by atoms with Gasteiger partial charge in [0.05, 0.1) is 4.92 Å². The first-order valence-electron chi connectivity index (χ1n) is 8.38. The van der Waals surface area contributed by atoms with Crippen LogP contribution in [0.2, 0.25) is 0 Å². The number of rotatable bonds is 6. The molecule has 2 aromatic carbocycles. The molecular weight excluding hydrogens is 411 g/mol. The average molecular weight is 427 g/mol. The Hall–Kier alpha value is -2.92. The predicted molar refractivity (Wildman–Crippen MR) is 99.9 cm³/mol. The van der Waals surface area contributed by atoms with Gasteiger partial charge in [0.15, 0.2) is 4.90 Å². The van der Waals surface area contributed by atoms with Crippen LogP contribution in [-0.2, 0) is 16.6 Å². The van der Waals surface area contributed by atoms with Crippen LogP contribution in [-0.4, -0.2) is 30.1 Å². The zero-order valence-electron chi connectivity index (χ0n) is 15.1. The molecule has 3 rings (SSSR count). The smallest absolute Gasteiger partial charge is 0.343 e. The molecule has 11 heteroatoms. The van der Waals surface area contributed by atoms with E-state index in [1.165, 1.54) is 16.7 Å². The van der Waals surface area contributed by atoms with E-state index in [1.54, 1.807) is 42.0 Å². The second kappa shape index (κ2) is 7.48. The molecule has 0 spiro atoms. The summed E-state index contributed by atoms with van der Waals surface area (Å²) in [5.74, 6) is 0. The van der Waals surface area contributed by atoms with Gasteiger partial charge < -0.3 is 4.57 Å². The van der Waals surface area contributed by atoms with Crippen LogP contribution in [0.1, 0.15) is 5.69 Å². The number of nitro benzene ring substituents is 1. The van der Waals surface area contributed by atoms with Crippen LogP contribution in [0.15, 0.2) is 59.5 Å². The summed E-state index contributed by atoms with van der Waals surface area (Å²) in [6, 6.07) is 10.2. The van der Waals surface area contributed by atoms with Crippen molar-refractivity contribution in [2.24, 2.45) is 0 Å². The van der Waals surface area contributed by atoms with Crippen LogP contribution in [0, 0.1) is 17.0 Å². The van der Waals surface area contributed by atoms with Gasteiger partial charge in [-0.1, -0.05) is 30.3 Å². The number of nitrogens with one attached hydrogen (secondary N) is 1. The summed E-state index contributed by atoms with van der Waals surface area (Å²) < 4.78 is 69.1. The molecule has 0 saturated heterocycles.